The molecule has 1 heterocycles. The quantitative estimate of drug-likeness (QED) is 0.566. The number of alkyl halides is 3. The van der Waals surface area contributed by atoms with Crippen LogP contribution in [-0.2, 0) is 4.79 Å². The van der Waals surface area contributed by atoms with Crippen LogP contribution >= 0.6 is 0 Å². The molecule has 1 aliphatic heterocycles. The monoisotopic (exact) mass is 418 g/mol. The Morgan fingerprint density at radius 1 is 1.03 bits per heavy atom. The van der Waals surface area contributed by atoms with Crippen LogP contribution in [0.3, 0.4) is 0 Å². The van der Waals surface area contributed by atoms with E-state index in [1.807, 2.05) is 0 Å². The number of Topliss-reactive ketones (excluding diaryl/α,β-unsaturated/α-hetero) is 1. The molecule has 29 heavy (non-hydrogen) atoms. The van der Waals surface area contributed by atoms with Gasteiger partial charge in [0.25, 0.3) is 0 Å². The highest BCUT2D eigenvalue weighted by molar-refractivity contribution is 5.97. The van der Waals surface area contributed by atoms with Crippen molar-refractivity contribution in [2.24, 2.45) is 23.5 Å². The van der Waals surface area contributed by atoms with Crippen LogP contribution in [-0.4, -0.2) is 54.1 Å². The number of benzene rings is 1. The number of carbonyl (C=O) groups is 2. The first-order chi connectivity index (χ1) is 13.6. The van der Waals surface area contributed by atoms with Gasteiger partial charge in [0.15, 0.2) is 5.78 Å². The fraction of sp³-hybridized carbons (Fsp3) is 0.600. The number of rotatable bonds is 5. The number of hydrogen-bond donors (Lipinski definition) is 2. The lowest BCUT2D eigenvalue weighted by Gasteiger charge is -2.41. The summed E-state index contributed by atoms with van der Waals surface area (Å²) in [6, 6.07) is 5.94. The Hall–Kier alpha value is -2.00. The SMILES string of the molecule is NC[C@@H]1CC[C@H]1CN1CCC(C(=O)c2ccc(F)cc2)CC1.O=C(O)C(F)(F)F. The maximum Gasteiger partial charge on any atom is 0.490 e. The molecule has 0 unspecified atom stereocenters. The molecule has 1 saturated carbocycles. The molecule has 0 aromatic heterocycles. The summed E-state index contributed by atoms with van der Waals surface area (Å²) < 4.78 is 44.7. The molecule has 0 amide bonds. The van der Waals surface area contributed by atoms with E-state index in [2.05, 4.69) is 4.90 Å². The zero-order valence-corrected chi connectivity index (χ0v) is 16.0. The topological polar surface area (TPSA) is 83.6 Å². The highest BCUT2D eigenvalue weighted by Crippen LogP contribution is 2.35. The molecule has 1 saturated heterocycles. The molecule has 2 atom stereocenters. The molecule has 1 aromatic carbocycles. The van der Waals surface area contributed by atoms with Gasteiger partial charge in [0, 0.05) is 18.0 Å². The van der Waals surface area contributed by atoms with E-state index in [9.17, 15) is 22.4 Å². The molecule has 1 aliphatic carbocycles. The van der Waals surface area contributed by atoms with Gasteiger partial charge in [-0.25, -0.2) is 9.18 Å². The number of nitrogens with zero attached hydrogens (tertiary/aromatic N) is 1. The zero-order chi connectivity index (χ0) is 21.6. The largest absolute Gasteiger partial charge is 0.490 e. The van der Waals surface area contributed by atoms with Gasteiger partial charge in [-0.1, -0.05) is 0 Å². The van der Waals surface area contributed by atoms with Gasteiger partial charge >= 0.3 is 12.1 Å². The van der Waals surface area contributed by atoms with E-state index in [0.717, 1.165) is 44.9 Å². The number of ketones is 1. The Balaban J connectivity index is 0.000000370. The Morgan fingerprint density at radius 2 is 1.55 bits per heavy atom. The van der Waals surface area contributed by atoms with Gasteiger partial charge in [0.05, 0.1) is 0 Å². The van der Waals surface area contributed by atoms with Crippen molar-refractivity contribution >= 4 is 11.8 Å². The molecule has 162 valence electrons. The van der Waals surface area contributed by atoms with Crippen LogP contribution in [0.15, 0.2) is 24.3 Å². The highest BCUT2D eigenvalue weighted by atomic mass is 19.4. The number of likely N-dealkylation sites (tertiary alicyclic amines) is 1. The zero-order valence-electron chi connectivity index (χ0n) is 16.0. The Morgan fingerprint density at radius 3 is 1.97 bits per heavy atom. The number of halogens is 4. The smallest absolute Gasteiger partial charge is 0.475 e. The molecule has 3 rings (SSSR count). The number of carboxylic acid groups (broad SMARTS) is 1. The lowest BCUT2D eigenvalue weighted by Crippen LogP contribution is -2.44. The summed E-state index contributed by atoms with van der Waals surface area (Å²) in [6.07, 6.45) is -0.677. The molecule has 2 aliphatic rings. The molecular weight excluding hydrogens is 392 g/mol. The molecular formula is C20H26F4N2O3. The van der Waals surface area contributed by atoms with Crippen LogP contribution in [0.4, 0.5) is 17.6 Å². The van der Waals surface area contributed by atoms with Crippen molar-refractivity contribution in [3.05, 3.63) is 35.6 Å². The minimum Gasteiger partial charge on any atom is -0.475 e. The van der Waals surface area contributed by atoms with Crippen LogP contribution in [0.2, 0.25) is 0 Å². The van der Waals surface area contributed by atoms with Gasteiger partial charge in [-0.05, 0) is 81.4 Å². The molecule has 5 nitrogen and oxygen atoms in total. The highest BCUT2D eigenvalue weighted by Gasteiger charge is 2.38. The number of carbonyl (C=O) groups excluding carboxylic acids is 1. The Labute approximate surface area is 166 Å². The fourth-order valence-electron chi connectivity index (χ4n) is 3.75. The van der Waals surface area contributed by atoms with Crippen LogP contribution in [0.5, 0.6) is 0 Å². The number of aliphatic carboxylic acids is 1. The van der Waals surface area contributed by atoms with Gasteiger partial charge in [-0.15, -0.1) is 0 Å². The third kappa shape index (κ3) is 6.78. The van der Waals surface area contributed by atoms with Crippen molar-refractivity contribution in [1.29, 1.82) is 0 Å². The Kier molecular flexibility index (Phi) is 8.15. The average Bonchev–Trinajstić information content (AvgIpc) is 2.66. The molecule has 3 N–H and O–H groups in total. The van der Waals surface area contributed by atoms with Crippen molar-refractivity contribution in [2.45, 2.75) is 31.9 Å². The second-order valence-corrected chi connectivity index (χ2v) is 7.58. The van der Waals surface area contributed by atoms with E-state index >= 15 is 0 Å². The lowest BCUT2D eigenvalue weighted by molar-refractivity contribution is -0.192. The fourth-order valence-corrected chi connectivity index (χ4v) is 3.75. The number of carboxylic acids is 1. The number of piperidine rings is 1. The van der Waals surface area contributed by atoms with Crippen LogP contribution in [0, 0.1) is 23.6 Å². The van der Waals surface area contributed by atoms with Crippen LogP contribution in [0.25, 0.3) is 0 Å². The summed E-state index contributed by atoms with van der Waals surface area (Å²) in [5.74, 6) is -1.32. The molecule has 2 fully saturated rings. The van der Waals surface area contributed by atoms with Gasteiger partial charge in [-0.3, -0.25) is 4.79 Å². The van der Waals surface area contributed by atoms with Crippen molar-refractivity contribution in [3.8, 4) is 0 Å². The molecule has 0 bridgehead atoms. The molecule has 1 aromatic rings. The predicted octanol–water partition coefficient (Wildman–Crippen LogP) is 3.34. The predicted molar refractivity (Wildman–Crippen MR) is 98.9 cm³/mol. The van der Waals surface area contributed by atoms with Gasteiger partial charge in [-0.2, -0.15) is 13.2 Å². The standard InChI is InChI=1S/C18H25FN2O.C2HF3O2/c19-17-5-3-13(4-6-17)18(22)14-7-9-21(10-8-14)12-16-2-1-15(16)11-20;3-2(4,5)1(6)7/h3-6,14-16H,1-2,7-12,20H2;(H,6,7)/t15-,16-;/m0./s1. The average molecular weight is 418 g/mol. The minimum atomic E-state index is -5.08. The van der Waals surface area contributed by atoms with Crippen molar-refractivity contribution in [3.63, 3.8) is 0 Å². The van der Waals surface area contributed by atoms with E-state index in [0.29, 0.717) is 11.5 Å². The first kappa shape index (κ1) is 23.3. The van der Waals surface area contributed by atoms with Crippen molar-refractivity contribution in [1.82, 2.24) is 4.90 Å². The maximum atomic E-state index is 12.9. The van der Waals surface area contributed by atoms with E-state index in [-0.39, 0.29) is 17.5 Å². The third-order valence-electron chi connectivity index (χ3n) is 5.70. The van der Waals surface area contributed by atoms with Gasteiger partial charge < -0.3 is 15.7 Å². The van der Waals surface area contributed by atoms with E-state index in [1.54, 1.807) is 12.1 Å². The molecule has 0 radical (unpaired) electrons. The first-order valence-electron chi connectivity index (χ1n) is 9.64. The summed E-state index contributed by atoms with van der Waals surface area (Å²) >= 11 is 0. The second-order valence-electron chi connectivity index (χ2n) is 7.58. The molecule has 9 heteroatoms. The van der Waals surface area contributed by atoms with E-state index in [4.69, 9.17) is 15.6 Å². The maximum absolute atomic E-state index is 12.9. The lowest BCUT2D eigenvalue weighted by atomic mass is 9.73. The van der Waals surface area contributed by atoms with Crippen molar-refractivity contribution in [2.75, 3.05) is 26.2 Å². The van der Waals surface area contributed by atoms with Crippen molar-refractivity contribution < 1.29 is 32.3 Å². The summed E-state index contributed by atoms with van der Waals surface area (Å²) in [7, 11) is 0. The third-order valence-corrected chi connectivity index (χ3v) is 5.70. The number of nitrogens with two attached hydrogens (primary N) is 1. The summed E-state index contributed by atoms with van der Waals surface area (Å²) in [5, 5.41) is 7.12. The van der Waals surface area contributed by atoms with Gasteiger partial charge in [0.1, 0.15) is 5.82 Å². The second kappa shape index (κ2) is 10.2. The normalized spacial score (nSPS) is 22.9. The molecule has 0 spiro atoms. The van der Waals surface area contributed by atoms with Crippen LogP contribution in [0.1, 0.15) is 36.0 Å². The van der Waals surface area contributed by atoms with Gasteiger partial charge in [0.2, 0.25) is 0 Å². The minimum absolute atomic E-state index is 0.0911. The summed E-state index contributed by atoms with van der Waals surface area (Å²) in [5.41, 5.74) is 6.42. The van der Waals surface area contributed by atoms with E-state index < -0.39 is 12.1 Å². The summed E-state index contributed by atoms with van der Waals surface area (Å²) in [4.78, 5) is 23.8. The van der Waals surface area contributed by atoms with E-state index in [1.165, 1.54) is 25.0 Å². The summed E-state index contributed by atoms with van der Waals surface area (Å²) in [6.45, 7) is 3.93. The first-order valence-corrected chi connectivity index (χ1v) is 9.64. The number of hydrogen-bond acceptors (Lipinski definition) is 4. The van der Waals surface area contributed by atoms with Crippen LogP contribution < -0.4 is 5.73 Å². The Bertz CT molecular complexity index is 684.